The smallest absolute Gasteiger partial charge is 0.227 e. The van der Waals surface area contributed by atoms with Crippen LogP contribution in [0, 0.1) is 0 Å². The fourth-order valence-electron chi connectivity index (χ4n) is 3.72. The van der Waals surface area contributed by atoms with Crippen molar-refractivity contribution in [3.05, 3.63) is 33.8 Å². The number of amides is 1. The van der Waals surface area contributed by atoms with Crippen LogP contribution in [0.15, 0.2) is 18.2 Å². The van der Waals surface area contributed by atoms with E-state index < -0.39 is 0 Å². The highest BCUT2D eigenvalue weighted by Gasteiger charge is 2.32. The third-order valence-electron chi connectivity index (χ3n) is 5.02. The van der Waals surface area contributed by atoms with Crippen molar-refractivity contribution in [2.24, 2.45) is 0 Å². The van der Waals surface area contributed by atoms with Gasteiger partial charge in [-0.3, -0.25) is 4.79 Å². The zero-order valence-corrected chi connectivity index (χ0v) is 15.3. The lowest BCUT2D eigenvalue weighted by atomic mass is 9.97. The van der Waals surface area contributed by atoms with Crippen LogP contribution in [0.3, 0.4) is 0 Å². The molecular formula is C18H24Cl2N2O2. The fraction of sp³-hybridized carbons (Fsp3) is 0.611. The topological polar surface area (TPSA) is 43.8 Å². The van der Waals surface area contributed by atoms with Crippen LogP contribution in [-0.4, -0.2) is 59.1 Å². The lowest BCUT2D eigenvalue weighted by molar-refractivity contribution is -0.136. The molecule has 2 fully saturated rings. The Morgan fingerprint density at radius 2 is 1.92 bits per heavy atom. The van der Waals surface area contributed by atoms with Crippen molar-refractivity contribution in [1.29, 1.82) is 0 Å². The van der Waals surface area contributed by atoms with Gasteiger partial charge in [0.2, 0.25) is 5.91 Å². The molecule has 2 aliphatic heterocycles. The lowest BCUT2D eigenvalue weighted by Crippen LogP contribution is -2.52. The molecule has 0 aliphatic carbocycles. The van der Waals surface area contributed by atoms with Crippen LogP contribution >= 0.6 is 23.2 Å². The first kappa shape index (κ1) is 18.0. The van der Waals surface area contributed by atoms with Gasteiger partial charge in [0, 0.05) is 19.1 Å². The molecule has 1 N–H and O–H groups in total. The summed E-state index contributed by atoms with van der Waals surface area (Å²) in [4.78, 5) is 17.2. The van der Waals surface area contributed by atoms with E-state index in [0.717, 1.165) is 25.2 Å². The van der Waals surface area contributed by atoms with Crippen molar-refractivity contribution < 1.29 is 9.90 Å². The Hall–Kier alpha value is -0.810. The Labute approximate surface area is 153 Å². The molecule has 3 rings (SSSR count). The molecular weight excluding hydrogens is 347 g/mol. The number of rotatable bonds is 4. The van der Waals surface area contributed by atoms with E-state index in [1.54, 1.807) is 12.1 Å². The third-order valence-corrected chi connectivity index (χ3v) is 5.75. The molecule has 6 heteroatoms. The van der Waals surface area contributed by atoms with Crippen molar-refractivity contribution in [3.8, 4) is 0 Å². The average molecular weight is 371 g/mol. The van der Waals surface area contributed by atoms with Crippen molar-refractivity contribution in [1.82, 2.24) is 9.80 Å². The van der Waals surface area contributed by atoms with E-state index in [1.807, 2.05) is 11.0 Å². The summed E-state index contributed by atoms with van der Waals surface area (Å²) in [5, 5.41) is 11.0. The molecule has 0 spiro atoms. The molecule has 1 aromatic rings. The molecule has 0 aromatic heterocycles. The molecule has 4 nitrogen and oxygen atoms in total. The van der Waals surface area contributed by atoms with Crippen molar-refractivity contribution in [3.63, 3.8) is 0 Å². The third kappa shape index (κ3) is 4.42. The number of carbonyl (C=O) groups is 1. The second-order valence-corrected chi connectivity index (χ2v) is 7.67. The van der Waals surface area contributed by atoms with Gasteiger partial charge in [-0.15, -0.1) is 0 Å². The first-order chi connectivity index (χ1) is 11.5. The van der Waals surface area contributed by atoms with Gasteiger partial charge in [-0.1, -0.05) is 29.3 Å². The predicted octanol–water partition coefficient (Wildman–Crippen LogP) is 2.98. The summed E-state index contributed by atoms with van der Waals surface area (Å²) in [6, 6.07) is 5.44. The zero-order valence-electron chi connectivity index (χ0n) is 13.8. The van der Waals surface area contributed by atoms with Crippen LogP contribution in [0.5, 0.6) is 0 Å². The number of likely N-dealkylation sites (tertiary alicyclic amines) is 2. The monoisotopic (exact) mass is 370 g/mol. The molecule has 2 saturated heterocycles. The molecule has 2 aliphatic rings. The van der Waals surface area contributed by atoms with E-state index in [-0.39, 0.29) is 18.1 Å². The minimum Gasteiger partial charge on any atom is -0.393 e. The SMILES string of the molecule is O=C(Cc1ccc(Cl)c(Cl)c1)N1CC[C@H](O)C[C@H]1CN1CCCC1. The Balaban J connectivity index is 1.66. The Kier molecular flexibility index (Phi) is 6.03. The van der Waals surface area contributed by atoms with Crippen molar-refractivity contribution >= 4 is 29.1 Å². The van der Waals surface area contributed by atoms with E-state index in [4.69, 9.17) is 23.2 Å². The average Bonchev–Trinajstić information content (AvgIpc) is 3.04. The van der Waals surface area contributed by atoms with Gasteiger partial charge >= 0.3 is 0 Å². The molecule has 0 saturated carbocycles. The highest BCUT2D eigenvalue weighted by atomic mass is 35.5. The van der Waals surface area contributed by atoms with Gasteiger partial charge < -0.3 is 14.9 Å². The van der Waals surface area contributed by atoms with E-state index in [2.05, 4.69) is 4.90 Å². The molecule has 2 heterocycles. The van der Waals surface area contributed by atoms with E-state index >= 15 is 0 Å². The van der Waals surface area contributed by atoms with Gasteiger partial charge in [0.25, 0.3) is 0 Å². The molecule has 0 unspecified atom stereocenters. The van der Waals surface area contributed by atoms with E-state index in [0.29, 0.717) is 35.9 Å². The summed E-state index contributed by atoms with van der Waals surface area (Å²) >= 11 is 12.0. The van der Waals surface area contributed by atoms with Crippen LogP contribution < -0.4 is 0 Å². The van der Waals surface area contributed by atoms with Crippen LogP contribution in [-0.2, 0) is 11.2 Å². The number of nitrogens with zero attached hydrogens (tertiary/aromatic N) is 2. The quantitative estimate of drug-likeness (QED) is 0.885. The molecule has 132 valence electrons. The van der Waals surface area contributed by atoms with Gasteiger partial charge in [-0.2, -0.15) is 0 Å². The molecule has 0 radical (unpaired) electrons. The van der Waals surface area contributed by atoms with Gasteiger partial charge in [0.15, 0.2) is 0 Å². The molecule has 24 heavy (non-hydrogen) atoms. The molecule has 0 bridgehead atoms. The number of benzene rings is 1. The number of hydrogen-bond acceptors (Lipinski definition) is 3. The number of halogens is 2. The Bertz CT molecular complexity index is 590. The summed E-state index contributed by atoms with van der Waals surface area (Å²) in [5.41, 5.74) is 0.875. The van der Waals surface area contributed by atoms with Crippen molar-refractivity contribution in [2.45, 2.75) is 44.2 Å². The maximum absolute atomic E-state index is 12.8. The predicted molar refractivity (Wildman–Crippen MR) is 96.6 cm³/mol. The van der Waals surface area contributed by atoms with Crippen LogP contribution in [0.2, 0.25) is 10.0 Å². The number of hydrogen-bond donors (Lipinski definition) is 1. The largest absolute Gasteiger partial charge is 0.393 e. The number of piperidine rings is 1. The lowest BCUT2D eigenvalue weighted by Gasteiger charge is -2.40. The Morgan fingerprint density at radius 1 is 1.17 bits per heavy atom. The van der Waals surface area contributed by atoms with Gasteiger partial charge in [0.05, 0.1) is 22.6 Å². The van der Waals surface area contributed by atoms with E-state index in [1.165, 1.54) is 12.8 Å². The minimum atomic E-state index is -0.299. The molecule has 1 amide bonds. The summed E-state index contributed by atoms with van der Waals surface area (Å²) in [5.74, 6) is 0.101. The Morgan fingerprint density at radius 3 is 2.62 bits per heavy atom. The van der Waals surface area contributed by atoms with Crippen molar-refractivity contribution in [2.75, 3.05) is 26.2 Å². The maximum Gasteiger partial charge on any atom is 0.227 e. The number of aliphatic hydroxyl groups is 1. The zero-order chi connectivity index (χ0) is 17.1. The summed E-state index contributed by atoms with van der Waals surface area (Å²) in [6.45, 7) is 3.69. The fourth-order valence-corrected chi connectivity index (χ4v) is 4.04. The van der Waals surface area contributed by atoms with Crippen LogP contribution in [0.4, 0.5) is 0 Å². The highest BCUT2D eigenvalue weighted by Crippen LogP contribution is 2.25. The van der Waals surface area contributed by atoms with Gasteiger partial charge in [0.1, 0.15) is 0 Å². The molecule has 2 atom stereocenters. The highest BCUT2D eigenvalue weighted by molar-refractivity contribution is 6.42. The first-order valence-electron chi connectivity index (χ1n) is 8.67. The van der Waals surface area contributed by atoms with Crippen LogP contribution in [0.1, 0.15) is 31.2 Å². The van der Waals surface area contributed by atoms with Gasteiger partial charge in [-0.05, 0) is 56.5 Å². The summed E-state index contributed by atoms with van der Waals surface area (Å²) in [6.07, 6.45) is 3.81. The second-order valence-electron chi connectivity index (χ2n) is 6.85. The minimum absolute atomic E-state index is 0.0992. The summed E-state index contributed by atoms with van der Waals surface area (Å²) < 4.78 is 0. The number of carbonyl (C=O) groups excluding carboxylic acids is 1. The van der Waals surface area contributed by atoms with Crippen LogP contribution in [0.25, 0.3) is 0 Å². The van der Waals surface area contributed by atoms with Gasteiger partial charge in [-0.25, -0.2) is 0 Å². The normalized spacial score (nSPS) is 25.2. The van der Waals surface area contributed by atoms with E-state index in [9.17, 15) is 9.90 Å². The first-order valence-corrected chi connectivity index (χ1v) is 9.42. The standard InChI is InChI=1S/C18H24Cl2N2O2/c19-16-4-3-13(9-17(16)20)10-18(24)22-8-5-15(23)11-14(22)12-21-6-1-2-7-21/h3-4,9,14-15,23H,1-2,5-8,10-12H2/t14-,15-/m0/s1. The summed E-state index contributed by atoms with van der Waals surface area (Å²) in [7, 11) is 0. The maximum atomic E-state index is 12.8. The second kappa shape index (κ2) is 8.05. The number of aliphatic hydroxyl groups excluding tert-OH is 1. The molecule has 1 aromatic carbocycles.